The Kier molecular flexibility index (Phi) is 4.86. The molecular weight excluding hydrogens is 342 g/mol. The first-order valence-corrected chi connectivity index (χ1v) is 8.30. The van der Waals surface area contributed by atoms with E-state index in [9.17, 15) is 18.4 Å². The maximum Gasteiger partial charge on any atom is 0.272 e. The number of carbonyl (C=O) groups excluding carboxylic acids is 2. The van der Waals surface area contributed by atoms with Crippen LogP contribution in [0.3, 0.4) is 0 Å². The van der Waals surface area contributed by atoms with Crippen molar-refractivity contribution in [1.29, 1.82) is 0 Å². The van der Waals surface area contributed by atoms with E-state index >= 15 is 0 Å². The van der Waals surface area contributed by atoms with Crippen LogP contribution in [-0.4, -0.2) is 45.8 Å². The molecule has 1 unspecified atom stereocenters. The lowest BCUT2D eigenvalue weighted by Gasteiger charge is -2.32. The molecule has 0 fully saturated rings. The van der Waals surface area contributed by atoms with Gasteiger partial charge in [-0.05, 0) is 39.1 Å². The van der Waals surface area contributed by atoms with Gasteiger partial charge < -0.3 is 9.88 Å². The van der Waals surface area contributed by atoms with Crippen LogP contribution in [0.5, 0.6) is 0 Å². The fourth-order valence-electron chi connectivity index (χ4n) is 2.96. The summed E-state index contributed by atoms with van der Waals surface area (Å²) in [6.45, 7) is 4.38. The average molecular weight is 362 g/mol. The number of amides is 1. The van der Waals surface area contributed by atoms with Gasteiger partial charge in [-0.2, -0.15) is 0 Å². The molecule has 1 N–H and O–H groups in total. The Morgan fingerprint density at radius 2 is 2.04 bits per heavy atom. The predicted molar refractivity (Wildman–Crippen MR) is 91.5 cm³/mol. The van der Waals surface area contributed by atoms with Crippen molar-refractivity contribution in [2.75, 3.05) is 13.6 Å². The molecule has 6 nitrogen and oxygen atoms in total. The lowest BCUT2D eigenvalue weighted by Crippen LogP contribution is -2.39. The molecule has 138 valence electrons. The normalized spacial score (nSPS) is 17.0. The summed E-state index contributed by atoms with van der Waals surface area (Å²) in [5.74, 6) is -2.12. The summed E-state index contributed by atoms with van der Waals surface area (Å²) < 4.78 is 28.8. The van der Waals surface area contributed by atoms with Gasteiger partial charge >= 0.3 is 0 Å². The molecule has 26 heavy (non-hydrogen) atoms. The van der Waals surface area contributed by atoms with Crippen LogP contribution in [0, 0.1) is 11.6 Å². The van der Waals surface area contributed by atoms with Crippen molar-refractivity contribution in [1.82, 2.24) is 19.8 Å². The number of rotatable bonds is 4. The van der Waals surface area contributed by atoms with Gasteiger partial charge in [0, 0.05) is 24.7 Å². The molecule has 1 aromatic heterocycles. The Labute approximate surface area is 149 Å². The predicted octanol–water partition coefficient (Wildman–Crippen LogP) is 1.98. The highest BCUT2D eigenvalue weighted by molar-refractivity contribution is 5.96. The van der Waals surface area contributed by atoms with Crippen LogP contribution in [0.15, 0.2) is 18.2 Å². The average Bonchev–Trinajstić information content (AvgIpc) is 2.94. The Hall–Kier alpha value is -2.61. The van der Waals surface area contributed by atoms with Gasteiger partial charge in [0.2, 0.25) is 0 Å². The number of fused-ring (bicyclic) bond motifs is 1. The van der Waals surface area contributed by atoms with Crippen LogP contribution in [0.25, 0.3) is 11.4 Å². The summed E-state index contributed by atoms with van der Waals surface area (Å²) in [4.78, 5) is 30.1. The van der Waals surface area contributed by atoms with Crippen molar-refractivity contribution >= 4 is 11.7 Å². The number of nitrogens with one attached hydrogen (secondary N) is 1. The maximum absolute atomic E-state index is 13.7. The highest BCUT2D eigenvalue weighted by Crippen LogP contribution is 2.28. The van der Waals surface area contributed by atoms with E-state index < -0.39 is 17.5 Å². The quantitative estimate of drug-likeness (QED) is 0.903. The summed E-state index contributed by atoms with van der Waals surface area (Å²) in [6.07, 6.45) is 0. The third-order valence-electron chi connectivity index (χ3n) is 4.56. The molecule has 1 aromatic carbocycles. The zero-order chi connectivity index (χ0) is 19.0. The van der Waals surface area contributed by atoms with Crippen LogP contribution >= 0.6 is 0 Å². The number of likely N-dealkylation sites (N-methyl/N-ethyl adjacent to an activating group) is 1. The highest BCUT2D eigenvalue weighted by atomic mass is 19.2. The molecule has 0 saturated carbocycles. The molecule has 0 aliphatic carbocycles. The second-order valence-corrected chi connectivity index (χ2v) is 6.62. The third-order valence-corrected chi connectivity index (χ3v) is 4.56. The Bertz CT molecular complexity index is 878. The van der Waals surface area contributed by atoms with E-state index in [1.165, 1.54) is 13.0 Å². The van der Waals surface area contributed by atoms with Gasteiger partial charge in [-0.3, -0.25) is 14.5 Å². The molecule has 0 saturated heterocycles. The monoisotopic (exact) mass is 362 g/mol. The SMILES string of the molecule is CC(=O)CNC(=O)c1nc(-c2ccc(F)c(F)c2)n2c1CN(C)C(C)C2. The van der Waals surface area contributed by atoms with E-state index in [4.69, 9.17) is 0 Å². The minimum absolute atomic E-state index is 0.0854. The van der Waals surface area contributed by atoms with Gasteiger partial charge in [0.05, 0.1) is 12.2 Å². The van der Waals surface area contributed by atoms with Crippen molar-refractivity contribution in [3.8, 4) is 11.4 Å². The Morgan fingerprint density at radius 3 is 2.69 bits per heavy atom. The number of hydrogen-bond donors (Lipinski definition) is 1. The van der Waals surface area contributed by atoms with E-state index in [-0.39, 0.29) is 24.1 Å². The van der Waals surface area contributed by atoms with Crippen LogP contribution in [-0.2, 0) is 17.9 Å². The summed E-state index contributed by atoms with van der Waals surface area (Å²) in [5.41, 5.74) is 1.28. The smallest absolute Gasteiger partial charge is 0.272 e. The number of Topliss-reactive ketones (excluding diaryl/α,β-unsaturated/α-hetero) is 1. The standard InChI is InChI=1S/C18H20F2N4O2/c1-10-8-24-15(9-23(10)3)16(18(26)21-7-11(2)25)22-17(24)12-4-5-13(19)14(20)6-12/h4-6,10H,7-9H2,1-3H3,(H,21,26). The molecule has 3 rings (SSSR count). The van der Waals surface area contributed by atoms with E-state index in [0.29, 0.717) is 30.2 Å². The van der Waals surface area contributed by atoms with E-state index in [0.717, 1.165) is 12.1 Å². The first kappa shape index (κ1) is 18.2. The lowest BCUT2D eigenvalue weighted by molar-refractivity contribution is -0.116. The first-order valence-electron chi connectivity index (χ1n) is 8.30. The molecule has 1 atom stereocenters. The molecule has 0 radical (unpaired) electrons. The van der Waals surface area contributed by atoms with Crippen LogP contribution in [0.4, 0.5) is 8.78 Å². The van der Waals surface area contributed by atoms with Crippen molar-refractivity contribution in [2.24, 2.45) is 0 Å². The molecule has 1 amide bonds. The number of benzene rings is 1. The van der Waals surface area contributed by atoms with Gasteiger partial charge in [0.1, 0.15) is 11.6 Å². The van der Waals surface area contributed by atoms with Crippen LogP contribution in [0.2, 0.25) is 0 Å². The number of ketones is 1. The van der Waals surface area contributed by atoms with Crippen molar-refractivity contribution in [3.63, 3.8) is 0 Å². The van der Waals surface area contributed by atoms with Gasteiger partial charge in [0.25, 0.3) is 5.91 Å². The molecule has 1 aliphatic heterocycles. The van der Waals surface area contributed by atoms with E-state index in [2.05, 4.69) is 15.2 Å². The number of aromatic nitrogens is 2. The second-order valence-electron chi connectivity index (χ2n) is 6.62. The molecular formula is C18H20F2N4O2. The zero-order valence-corrected chi connectivity index (χ0v) is 14.8. The molecule has 2 heterocycles. The summed E-state index contributed by atoms with van der Waals surface area (Å²) >= 11 is 0. The van der Waals surface area contributed by atoms with Gasteiger partial charge in [-0.1, -0.05) is 0 Å². The highest BCUT2D eigenvalue weighted by Gasteiger charge is 2.30. The van der Waals surface area contributed by atoms with Crippen LogP contribution in [0.1, 0.15) is 30.0 Å². The molecule has 1 aliphatic rings. The number of nitrogens with zero attached hydrogens (tertiary/aromatic N) is 3. The maximum atomic E-state index is 13.7. The minimum Gasteiger partial charge on any atom is -0.344 e. The molecule has 8 heteroatoms. The fraction of sp³-hybridized carbons (Fsp3) is 0.389. The number of halogens is 2. The summed E-state index contributed by atoms with van der Waals surface area (Å²) in [6, 6.07) is 3.74. The molecule has 0 spiro atoms. The topological polar surface area (TPSA) is 67.2 Å². The molecule has 0 bridgehead atoms. The number of hydrogen-bond acceptors (Lipinski definition) is 4. The molecule has 2 aromatic rings. The Balaban J connectivity index is 2.07. The largest absolute Gasteiger partial charge is 0.344 e. The van der Waals surface area contributed by atoms with Crippen LogP contribution < -0.4 is 5.32 Å². The Morgan fingerprint density at radius 1 is 1.31 bits per heavy atom. The number of carbonyl (C=O) groups is 2. The fourth-order valence-corrected chi connectivity index (χ4v) is 2.96. The van der Waals surface area contributed by atoms with E-state index in [1.807, 2.05) is 18.5 Å². The second kappa shape index (κ2) is 6.95. The van der Waals surface area contributed by atoms with Crippen molar-refractivity contribution in [3.05, 3.63) is 41.2 Å². The first-order chi connectivity index (χ1) is 12.3. The zero-order valence-electron chi connectivity index (χ0n) is 14.8. The van der Waals surface area contributed by atoms with Gasteiger partial charge in [0.15, 0.2) is 17.3 Å². The lowest BCUT2D eigenvalue weighted by atomic mass is 10.1. The summed E-state index contributed by atoms with van der Waals surface area (Å²) in [7, 11) is 1.94. The van der Waals surface area contributed by atoms with E-state index in [1.54, 1.807) is 0 Å². The van der Waals surface area contributed by atoms with Crippen molar-refractivity contribution in [2.45, 2.75) is 33.0 Å². The number of imidazole rings is 1. The van der Waals surface area contributed by atoms with Gasteiger partial charge in [-0.25, -0.2) is 13.8 Å². The minimum atomic E-state index is -0.969. The third kappa shape index (κ3) is 3.37. The summed E-state index contributed by atoms with van der Waals surface area (Å²) in [5, 5.41) is 2.54. The van der Waals surface area contributed by atoms with Crippen molar-refractivity contribution < 1.29 is 18.4 Å². The van der Waals surface area contributed by atoms with Gasteiger partial charge in [-0.15, -0.1) is 0 Å².